The molecule has 1 heterocycles. The number of ether oxygens (including phenoxy) is 2. The Balaban J connectivity index is 1.58. The Morgan fingerprint density at radius 2 is 1.35 bits per heavy atom. The van der Waals surface area contributed by atoms with Crippen molar-refractivity contribution < 1.29 is 9.47 Å². The van der Waals surface area contributed by atoms with Crippen molar-refractivity contribution in [2.45, 2.75) is 97.3 Å². The van der Waals surface area contributed by atoms with Crippen LogP contribution in [0.5, 0.6) is 5.75 Å². The summed E-state index contributed by atoms with van der Waals surface area (Å²) in [5.41, 5.74) is 2.41. The largest absolute Gasteiger partial charge is 0.490 e. The van der Waals surface area contributed by atoms with Gasteiger partial charge in [0.15, 0.2) is 11.6 Å². The maximum Gasteiger partial charge on any atom is 0.159 e. The molecule has 0 spiro atoms. The van der Waals surface area contributed by atoms with E-state index in [1.807, 2.05) is 0 Å². The van der Waals surface area contributed by atoms with Crippen LogP contribution in [0, 0.1) is 0 Å². The smallest absolute Gasteiger partial charge is 0.159 e. The molecule has 2 rings (SSSR count). The van der Waals surface area contributed by atoms with Crippen LogP contribution in [-0.2, 0) is 11.2 Å². The van der Waals surface area contributed by atoms with E-state index in [0.717, 1.165) is 62.6 Å². The quantitative estimate of drug-likeness (QED) is 0.145. The third kappa shape index (κ3) is 12.9. The fraction of sp³-hybridized carbons (Fsp3) is 0.600. The number of aromatic nitrogens is 2. The van der Waals surface area contributed by atoms with E-state index in [2.05, 4.69) is 60.2 Å². The Morgan fingerprint density at radius 3 is 2.06 bits per heavy atom. The van der Waals surface area contributed by atoms with Crippen molar-refractivity contribution in [1.29, 1.82) is 0 Å². The molecule has 0 fully saturated rings. The zero-order valence-corrected chi connectivity index (χ0v) is 21.6. The first-order chi connectivity index (χ1) is 16.8. The zero-order chi connectivity index (χ0) is 24.1. The van der Waals surface area contributed by atoms with E-state index in [4.69, 9.17) is 9.47 Å². The molecule has 0 aliphatic heterocycles. The molecule has 0 amide bonds. The van der Waals surface area contributed by atoms with Crippen LogP contribution in [0.25, 0.3) is 11.4 Å². The summed E-state index contributed by atoms with van der Waals surface area (Å²) in [7, 11) is 0. The van der Waals surface area contributed by atoms with Gasteiger partial charge in [-0.05, 0) is 69.8 Å². The highest BCUT2D eigenvalue weighted by atomic mass is 16.5. The lowest BCUT2D eigenvalue weighted by Gasteiger charge is -2.07. The van der Waals surface area contributed by atoms with Crippen LogP contribution in [0.3, 0.4) is 0 Å². The van der Waals surface area contributed by atoms with Gasteiger partial charge >= 0.3 is 0 Å². The summed E-state index contributed by atoms with van der Waals surface area (Å²) < 4.78 is 11.4. The molecule has 0 atom stereocenters. The highest BCUT2D eigenvalue weighted by Crippen LogP contribution is 2.18. The summed E-state index contributed by atoms with van der Waals surface area (Å²) in [6.07, 6.45) is 23.9. The van der Waals surface area contributed by atoms with Crippen molar-refractivity contribution in [3.8, 4) is 17.1 Å². The van der Waals surface area contributed by atoms with Gasteiger partial charge in [0.05, 0.1) is 19.0 Å². The Hall–Kier alpha value is -2.20. The maximum atomic E-state index is 5.82. The van der Waals surface area contributed by atoms with Crippen LogP contribution < -0.4 is 4.74 Å². The molecule has 2 aromatic rings. The molecule has 188 valence electrons. The average Bonchev–Trinajstić information content (AvgIpc) is 2.87. The lowest BCUT2D eigenvalue weighted by molar-refractivity contribution is 0.130. The summed E-state index contributed by atoms with van der Waals surface area (Å²) >= 11 is 0. The highest BCUT2D eigenvalue weighted by Gasteiger charge is 2.03. The molecule has 4 heteroatoms. The first-order valence-corrected chi connectivity index (χ1v) is 13.6. The second-order valence-electron chi connectivity index (χ2n) is 9.03. The lowest BCUT2D eigenvalue weighted by Crippen LogP contribution is -1.99. The van der Waals surface area contributed by atoms with Gasteiger partial charge < -0.3 is 9.47 Å². The molecule has 0 unspecified atom stereocenters. The van der Waals surface area contributed by atoms with Gasteiger partial charge in [-0.15, -0.1) is 0 Å². The van der Waals surface area contributed by atoms with Crippen molar-refractivity contribution in [2.75, 3.05) is 19.8 Å². The summed E-state index contributed by atoms with van der Waals surface area (Å²) in [5, 5.41) is 0. The van der Waals surface area contributed by atoms with Gasteiger partial charge in [0.25, 0.3) is 0 Å². The molecule has 34 heavy (non-hydrogen) atoms. The van der Waals surface area contributed by atoms with E-state index in [9.17, 15) is 0 Å². The van der Waals surface area contributed by atoms with Crippen LogP contribution in [-0.4, -0.2) is 29.8 Å². The van der Waals surface area contributed by atoms with E-state index in [1.54, 1.807) is 12.4 Å². The molecule has 0 aliphatic carbocycles. The first-order valence-electron chi connectivity index (χ1n) is 13.6. The van der Waals surface area contributed by atoms with E-state index >= 15 is 0 Å². The van der Waals surface area contributed by atoms with Gasteiger partial charge in [0.2, 0.25) is 0 Å². The number of hydrogen-bond donors (Lipinski definition) is 0. The van der Waals surface area contributed by atoms with Crippen LogP contribution in [0.2, 0.25) is 0 Å². The second kappa shape index (κ2) is 19.1. The number of hydrogen-bond acceptors (Lipinski definition) is 4. The minimum atomic E-state index is 0.725. The molecule has 0 radical (unpaired) electrons. The third-order valence-corrected chi connectivity index (χ3v) is 5.87. The fourth-order valence-electron chi connectivity index (χ4n) is 3.80. The fourth-order valence-corrected chi connectivity index (χ4v) is 3.80. The number of rotatable bonds is 20. The molecule has 0 aliphatic rings. The van der Waals surface area contributed by atoms with Crippen LogP contribution in [0.1, 0.15) is 96.5 Å². The van der Waals surface area contributed by atoms with Crippen LogP contribution >= 0.6 is 0 Å². The van der Waals surface area contributed by atoms with Crippen LogP contribution in [0.15, 0.2) is 48.8 Å². The second-order valence-corrected chi connectivity index (χ2v) is 9.03. The van der Waals surface area contributed by atoms with Crippen molar-refractivity contribution >= 4 is 0 Å². The molecule has 1 aromatic heterocycles. The topological polar surface area (TPSA) is 44.2 Å². The average molecular weight is 467 g/mol. The van der Waals surface area contributed by atoms with E-state index in [-0.39, 0.29) is 0 Å². The number of allylic oxidation sites excluding steroid dienone is 2. The normalized spacial score (nSPS) is 11.4. The van der Waals surface area contributed by atoms with E-state index < -0.39 is 0 Å². The van der Waals surface area contributed by atoms with Gasteiger partial charge in [-0.3, -0.25) is 0 Å². The van der Waals surface area contributed by atoms with E-state index in [0.29, 0.717) is 0 Å². The Kier molecular flexibility index (Phi) is 15.8. The molecule has 4 nitrogen and oxygen atoms in total. The van der Waals surface area contributed by atoms with Gasteiger partial charge in [0.1, 0.15) is 0 Å². The van der Waals surface area contributed by atoms with Gasteiger partial charge in [-0.1, -0.05) is 69.5 Å². The lowest BCUT2D eigenvalue weighted by atomic mass is 10.0. The third-order valence-electron chi connectivity index (χ3n) is 5.87. The molecule has 0 bridgehead atoms. The van der Waals surface area contributed by atoms with Crippen molar-refractivity contribution in [3.05, 3.63) is 54.4 Å². The van der Waals surface area contributed by atoms with Crippen molar-refractivity contribution in [2.24, 2.45) is 0 Å². The number of aryl methyl sites for hydroxylation is 1. The summed E-state index contributed by atoms with van der Waals surface area (Å²) in [5.74, 6) is 1.50. The maximum absolute atomic E-state index is 5.82. The summed E-state index contributed by atoms with van der Waals surface area (Å²) in [6, 6.07) is 8.62. The van der Waals surface area contributed by atoms with Gasteiger partial charge in [-0.2, -0.15) is 0 Å². The van der Waals surface area contributed by atoms with Gasteiger partial charge in [-0.25, -0.2) is 9.97 Å². The zero-order valence-electron chi connectivity index (χ0n) is 21.6. The molecular weight excluding hydrogens is 420 g/mol. The predicted molar refractivity (Wildman–Crippen MR) is 143 cm³/mol. The highest BCUT2D eigenvalue weighted by molar-refractivity contribution is 5.55. The minimum absolute atomic E-state index is 0.725. The monoisotopic (exact) mass is 466 g/mol. The van der Waals surface area contributed by atoms with Crippen molar-refractivity contribution in [1.82, 2.24) is 9.97 Å². The summed E-state index contributed by atoms with van der Waals surface area (Å²) in [4.78, 5) is 9.00. The number of nitrogens with zero attached hydrogens (tertiary/aromatic N) is 2. The van der Waals surface area contributed by atoms with Gasteiger partial charge in [0, 0.05) is 18.8 Å². The Labute approximate surface area is 208 Å². The van der Waals surface area contributed by atoms with Crippen molar-refractivity contribution in [3.63, 3.8) is 0 Å². The SMILES string of the molecule is CCCCCC=CCCCCCOc1cnc(-c2ccc(CCCCCOCCC)cc2)nc1. The number of unbranched alkanes of at least 4 members (excludes halogenated alkanes) is 8. The van der Waals surface area contributed by atoms with Crippen LogP contribution in [0.4, 0.5) is 0 Å². The Morgan fingerprint density at radius 1 is 0.676 bits per heavy atom. The van der Waals surface area contributed by atoms with E-state index in [1.165, 1.54) is 63.4 Å². The molecular formula is C30H46N2O2. The predicted octanol–water partition coefficient (Wildman–Crippen LogP) is 8.36. The first kappa shape index (κ1) is 28.0. The Bertz CT molecular complexity index is 756. The molecule has 0 N–H and O–H groups in total. The summed E-state index contributed by atoms with van der Waals surface area (Å²) in [6.45, 7) is 6.89. The number of benzene rings is 1. The molecule has 0 saturated heterocycles. The minimum Gasteiger partial charge on any atom is -0.490 e. The standard InChI is InChI=1S/C30H46N2O2/c1-3-5-6-7-8-9-10-11-12-16-24-34-29-25-31-30(32-26-29)28-20-18-27(19-21-28)17-14-13-15-23-33-22-4-2/h8-9,18-21,25-26H,3-7,10-17,22-24H2,1-2H3. The molecule has 0 saturated carbocycles. The molecule has 1 aromatic carbocycles.